The number of aliphatic hydroxyl groups excluding tert-OH is 1. The number of para-hydroxylation sites is 1. The molecule has 40 heavy (non-hydrogen) atoms. The first kappa shape index (κ1) is 30.4. The van der Waals surface area contributed by atoms with Crippen LogP contribution in [0.25, 0.3) is 10.8 Å². The van der Waals surface area contributed by atoms with Gasteiger partial charge in [-0.3, -0.25) is 9.59 Å². The maximum Gasteiger partial charge on any atom is 0.408 e. The van der Waals surface area contributed by atoms with Crippen molar-refractivity contribution in [2.45, 2.75) is 71.7 Å². The molecule has 0 fully saturated rings. The lowest BCUT2D eigenvalue weighted by Gasteiger charge is -2.43. The van der Waals surface area contributed by atoms with Crippen LogP contribution in [0.3, 0.4) is 0 Å². The first-order valence-corrected chi connectivity index (χ1v) is 13.1. The van der Waals surface area contributed by atoms with Gasteiger partial charge in [0.15, 0.2) is 0 Å². The molecule has 0 aliphatic carbocycles. The number of aliphatic hydroxyl groups is 1. The lowest BCUT2D eigenvalue weighted by atomic mass is 9.93. The van der Waals surface area contributed by atoms with Crippen LogP contribution < -0.4 is 10.6 Å². The molecule has 0 saturated carbocycles. The quantitative estimate of drug-likeness (QED) is 0.327. The van der Waals surface area contributed by atoms with Gasteiger partial charge in [0.1, 0.15) is 23.4 Å². The SMILES string of the molecule is Cc1cccc(C(C(=O)Nc2ccc3ccccc3c2)N(C(=O)C(CO)NC(=O)OC(C)(C)C)C(C)(C)C)c1O. The van der Waals surface area contributed by atoms with Crippen LogP contribution in [0.1, 0.15) is 58.7 Å². The second-order valence-corrected chi connectivity index (χ2v) is 11.7. The van der Waals surface area contributed by atoms with E-state index in [0.29, 0.717) is 11.3 Å². The third kappa shape index (κ3) is 7.30. The Morgan fingerprint density at radius 2 is 1.57 bits per heavy atom. The van der Waals surface area contributed by atoms with Crippen molar-refractivity contribution in [3.05, 3.63) is 71.8 Å². The van der Waals surface area contributed by atoms with E-state index >= 15 is 0 Å². The zero-order chi connectivity index (χ0) is 29.8. The van der Waals surface area contributed by atoms with Crippen molar-refractivity contribution >= 4 is 34.4 Å². The van der Waals surface area contributed by atoms with E-state index in [4.69, 9.17) is 4.74 Å². The molecule has 0 heterocycles. The molecule has 3 aromatic carbocycles. The van der Waals surface area contributed by atoms with E-state index in [0.717, 1.165) is 10.8 Å². The average molecular weight is 550 g/mol. The lowest BCUT2D eigenvalue weighted by Crippen LogP contribution is -2.59. The highest BCUT2D eigenvalue weighted by Gasteiger charge is 2.43. The summed E-state index contributed by atoms with van der Waals surface area (Å²) in [5, 5.41) is 28.4. The first-order valence-electron chi connectivity index (χ1n) is 13.1. The molecule has 0 bridgehead atoms. The number of phenols is 1. The molecule has 3 amide bonds. The van der Waals surface area contributed by atoms with E-state index in [9.17, 15) is 24.6 Å². The Balaban J connectivity index is 2.07. The fourth-order valence-electron chi connectivity index (χ4n) is 4.43. The molecule has 0 aromatic heterocycles. The van der Waals surface area contributed by atoms with E-state index in [2.05, 4.69) is 10.6 Å². The van der Waals surface area contributed by atoms with Gasteiger partial charge in [0.25, 0.3) is 5.91 Å². The minimum absolute atomic E-state index is 0.135. The number of hydrogen-bond donors (Lipinski definition) is 4. The normalized spacial score (nSPS) is 13.3. The number of benzene rings is 3. The number of alkyl carbamates (subject to hydrolysis) is 1. The molecule has 9 nitrogen and oxygen atoms in total. The van der Waals surface area contributed by atoms with E-state index in [-0.39, 0.29) is 11.3 Å². The van der Waals surface area contributed by atoms with Gasteiger partial charge in [0.05, 0.1) is 6.61 Å². The molecule has 0 saturated heterocycles. The molecule has 214 valence electrons. The molecular formula is C31H39N3O6. The number of phenolic OH excluding ortho intramolecular Hbond substituents is 1. The van der Waals surface area contributed by atoms with Crippen LogP contribution in [0, 0.1) is 6.92 Å². The maximum absolute atomic E-state index is 14.0. The van der Waals surface area contributed by atoms with Crippen molar-refractivity contribution in [2.75, 3.05) is 11.9 Å². The predicted molar refractivity (Wildman–Crippen MR) is 155 cm³/mol. The minimum atomic E-state index is -1.41. The number of nitrogens with one attached hydrogen (secondary N) is 2. The van der Waals surface area contributed by atoms with Crippen molar-refractivity contribution in [1.29, 1.82) is 0 Å². The molecule has 0 spiro atoms. The van der Waals surface area contributed by atoms with Crippen LogP contribution in [0.15, 0.2) is 60.7 Å². The summed E-state index contributed by atoms with van der Waals surface area (Å²) in [6, 6.07) is 15.4. The smallest absolute Gasteiger partial charge is 0.408 e. The van der Waals surface area contributed by atoms with Gasteiger partial charge in [-0.1, -0.05) is 48.5 Å². The monoisotopic (exact) mass is 549 g/mol. The molecule has 2 atom stereocenters. The lowest BCUT2D eigenvalue weighted by molar-refractivity contribution is -0.147. The van der Waals surface area contributed by atoms with Gasteiger partial charge < -0.3 is 30.5 Å². The summed E-state index contributed by atoms with van der Waals surface area (Å²) in [7, 11) is 0. The van der Waals surface area contributed by atoms with Crippen LogP contribution in [0.2, 0.25) is 0 Å². The first-order chi connectivity index (χ1) is 18.6. The van der Waals surface area contributed by atoms with Crippen molar-refractivity contribution in [1.82, 2.24) is 10.2 Å². The van der Waals surface area contributed by atoms with Crippen LogP contribution in [0.4, 0.5) is 10.5 Å². The standard InChI is InChI=1S/C31H39N3O6/c1-19-11-10-14-23(26(19)36)25(27(37)32-22-16-15-20-12-8-9-13-21(20)17-22)34(30(2,3)4)28(38)24(18-35)33-29(39)40-31(5,6)7/h8-17,24-25,35-36H,18H2,1-7H3,(H,32,37)(H,33,39). The number of rotatable bonds is 7. The highest BCUT2D eigenvalue weighted by Crippen LogP contribution is 2.37. The number of carbonyl (C=O) groups excluding carboxylic acids is 3. The number of fused-ring (bicyclic) bond motifs is 1. The Labute approximate surface area is 235 Å². The second kappa shape index (κ2) is 12.0. The van der Waals surface area contributed by atoms with E-state index < -0.39 is 47.7 Å². The van der Waals surface area contributed by atoms with Crippen molar-refractivity contribution in [3.63, 3.8) is 0 Å². The number of hydrogen-bond acceptors (Lipinski definition) is 6. The summed E-state index contributed by atoms with van der Waals surface area (Å²) < 4.78 is 5.28. The topological polar surface area (TPSA) is 128 Å². The van der Waals surface area contributed by atoms with Crippen molar-refractivity contribution in [2.24, 2.45) is 0 Å². The van der Waals surface area contributed by atoms with Gasteiger partial charge in [0.2, 0.25) is 5.91 Å². The molecule has 2 unspecified atom stereocenters. The fraction of sp³-hybridized carbons (Fsp3) is 0.387. The van der Waals surface area contributed by atoms with Crippen LogP contribution in [-0.2, 0) is 14.3 Å². The number of anilines is 1. The van der Waals surface area contributed by atoms with Gasteiger partial charge in [-0.25, -0.2) is 4.79 Å². The summed E-state index contributed by atoms with van der Waals surface area (Å²) in [6.45, 7) is 11.2. The third-order valence-electron chi connectivity index (χ3n) is 6.22. The minimum Gasteiger partial charge on any atom is -0.507 e. The molecule has 0 aliphatic heterocycles. The van der Waals surface area contributed by atoms with Crippen molar-refractivity contribution in [3.8, 4) is 5.75 Å². The van der Waals surface area contributed by atoms with E-state index in [1.54, 1.807) is 72.7 Å². The third-order valence-corrected chi connectivity index (χ3v) is 6.22. The van der Waals surface area contributed by atoms with E-state index in [1.165, 1.54) is 4.90 Å². The Hall–Kier alpha value is -4.11. The largest absolute Gasteiger partial charge is 0.507 e. The van der Waals surface area contributed by atoms with E-state index in [1.807, 2.05) is 36.4 Å². The summed E-state index contributed by atoms with van der Waals surface area (Å²) in [4.78, 5) is 41.8. The van der Waals surface area contributed by atoms with Gasteiger partial charge in [-0.2, -0.15) is 0 Å². The van der Waals surface area contributed by atoms with Gasteiger partial charge in [0, 0.05) is 16.8 Å². The highest BCUT2D eigenvalue weighted by atomic mass is 16.6. The van der Waals surface area contributed by atoms with Crippen LogP contribution >= 0.6 is 0 Å². The number of aryl methyl sites for hydroxylation is 1. The molecule has 0 aliphatic rings. The van der Waals surface area contributed by atoms with Gasteiger partial charge in [-0.05, 0) is 76.9 Å². The number of aromatic hydroxyl groups is 1. The summed E-state index contributed by atoms with van der Waals surface area (Å²) >= 11 is 0. The predicted octanol–water partition coefficient (Wildman–Crippen LogP) is 5.05. The Morgan fingerprint density at radius 1 is 0.925 bits per heavy atom. The van der Waals surface area contributed by atoms with Gasteiger partial charge >= 0.3 is 6.09 Å². The second-order valence-electron chi connectivity index (χ2n) is 11.7. The Morgan fingerprint density at radius 3 is 2.17 bits per heavy atom. The Kier molecular flexibility index (Phi) is 9.10. The van der Waals surface area contributed by atoms with Crippen molar-refractivity contribution < 1.29 is 29.3 Å². The number of ether oxygens (including phenoxy) is 1. The Bertz CT molecular complexity index is 1390. The summed E-state index contributed by atoms with van der Waals surface area (Å²) in [5.74, 6) is -1.43. The summed E-state index contributed by atoms with van der Waals surface area (Å²) in [6.07, 6.45) is -0.885. The van der Waals surface area contributed by atoms with Crippen LogP contribution in [-0.4, -0.2) is 56.8 Å². The highest BCUT2D eigenvalue weighted by molar-refractivity contribution is 6.01. The molecule has 4 N–H and O–H groups in total. The molecule has 3 aromatic rings. The summed E-state index contributed by atoms with van der Waals surface area (Å²) in [5.41, 5.74) is -0.579. The fourth-order valence-corrected chi connectivity index (χ4v) is 4.43. The molecule has 0 radical (unpaired) electrons. The maximum atomic E-state index is 14.0. The zero-order valence-electron chi connectivity index (χ0n) is 24.1. The number of carbonyl (C=O) groups is 3. The van der Waals surface area contributed by atoms with Gasteiger partial charge in [-0.15, -0.1) is 0 Å². The molecule has 3 rings (SSSR count). The zero-order valence-corrected chi connectivity index (χ0v) is 24.1. The number of amides is 3. The van der Waals surface area contributed by atoms with Crippen LogP contribution in [0.5, 0.6) is 5.75 Å². The molecule has 9 heteroatoms. The average Bonchev–Trinajstić information content (AvgIpc) is 2.85. The molecular weight excluding hydrogens is 510 g/mol. The number of nitrogens with zero attached hydrogens (tertiary/aromatic N) is 1.